The van der Waals surface area contributed by atoms with Crippen molar-refractivity contribution in [3.8, 4) is 0 Å². The minimum atomic E-state index is -0.296. The molecule has 0 aliphatic heterocycles. The van der Waals surface area contributed by atoms with Gasteiger partial charge >= 0.3 is 0 Å². The van der Waals surface area contributed by atoms with E-state index in [2.05, 4.69) is 27.4 Å². The highest BCUT2D eigenvalue weighted by Gasteiger charge is 2.09. The van der Waals surface area contributed by atoms with Crippen LogP contribution in [0.5, 0.6) is 0 Å². The van der Waals surface area contributed by atoms with Gasteiger partial charge in [-0.2, -0.15) is 0 Å². The molecule has 5 nitrogen and oxygen atoms in total. The molecule has 1 N–H and O–H groups in total. The number of rotatable bonds is 7. The number of carbonyl (C=O) groups excluding carboxylic acids is 1. The summed E-state index contributed by atoms with van der Waals surface area (Å²) >= 11 is 1.63. The van der Waals surface area contributed by atoms with Gasteiger partial charge in [0, 0.05) is 36.8 Å². The number of hydrogen-bond acceptors (Lipinski definition) is 5. The van der Waals surface area contributed by atoms with E-state index >= 15 is 0 Å². The van der Waals surface area contributed by atoms with Crippen molar-refractivity contribution < 1.29 is 9.18 Å². The number of benzene rings is 3. The van der Waals surface area contributed by atoms with Crippen LogP contribution in [-0.4, -0.2) is 20.9 Å². The fourth-order valence-electron chi connectivity index (χ4n) is 3.74. The van der Waals surface area contributed by atoms with Gasteiger partial charge in [-0.05, 0) is 59.2 Å². The van der Waals surface area contributed by atoms with E-state index in [1.807, 2.05) is 35.8 Å². The van der Waals surface area contributed by atoms with E-state index in [4.69, 9.17) is 4.98 Å². The van der Waals surface area contributed by atoms with Crippen molar-refractivity contribution >= 4 is 27.5 Å². The third kappa shape index (κ3) is 5.32. The van der Waals surface area contributed by atoms with Gasteiger partial charge in [-0.25, -0.2) is 19.3 Å². The molecule has 3 aromatic carbocycles. The van der Waals surface area contributed by atoms with Crippen LogP contribution in [0, 0.1) is 5.82 Å². The van der Waals surface area contributed by atoms with Crippen LogP contribution in [0.2, 0.25) is 0 Å². The molecule has 5 rings (SSSR count). The number of nitrogens with one attached hydrogen (secondary N) is 1. The first-order chi connectivity index (χ1) is 16.6. The zero-order chi connectivity index (χ0) is 23.3. The highest BCUT2D eigenvalue weighted by molar-refractivity contribution is 7.16. The summed E-state index contributed by atoms with van der Waals surface area (Å²) in [4.78, 5) is 26.1. The maximum absolute atomic E-state index is 13.1. The van der Waals surface area contributed by atoms with Gasteiger partial charge in [-0.1, -0.05) is 30.3 Å². The van der Waals surface area contributed by atoms with E-state index in [-0.39, 0.29) is 11.7 Å². The Balaban J connectivity index is 1.24. The molecular formula is C27H21FN4OS. The van der Waals surface area contributed by atoms with E-state index in [0.29, 0.717) is 24.4 Å². The lowest BCUT2D eigenvalue weighted by atomic mass is 10.1. The zero-order valence-corrected chi connectivity index (χ0v) is 19.1. The fourth-order valence-corrected chi connectivity index (χ4v) is 4.48. The second-order valence-electron chi connectivity index (χ2n) is 7.98. The van der Waals surface area contributed by atoms with Crippen LogP contribution < -0.4 is 5.32 Å². The third-order valence-corrected chi connectivity index (χ3v) is 6.25. The molecule has 168 valence electrons. The van der Waals surface area contributed by atoms with E-state index in [0.717, 1.165) is 28.8 Å². The van der Waals surface area contributed by atoms with E-state index in [1.165, 1.54) is 22.4 Å². The summed E-state index contributed by atoms with van der Waals surface area (Å²) in [6.07, 6.45) is 3.03. The monoisotopic (exact) mass is 468 g/mol. The van der Waals surface area contributed by atoms with Crippen molar-refractivity contribution in [3.05, 3.63) is 124 Å². The Morgan fingerprint density at radius 1 is 0.882 bits per heavy atom. The van der Waals surface area contributed by atoms with Crippen LogP contribution in [0.3, 0.4) is 0 Å². The third-order valence-electron chi connectivity index (χ3n) is 5.46. The maximum Gasteiger partial charge on any atom is 0.251 e. The van der Waals surface area contributed by atoms with Crippen molar-refractivity contribution in [2.45, 2.75) is 19.4 Å². The van der Waals surface area contributed by atoms with Gasteiger partial charge in [0.1, 0.15) is 11.6 Å². The van der Waals surface area contributed by atoms with Crippen molar-refractivity contribution in [2.24, 2.45) is 0 Å². The van der Waals surface area contributed by atoms with Gasteiger partial charge < -0.3 is 5.32 Å². The normalized spacial score (nSPS) is 11.0. The number of nitrogens with zero attached hydrogens (tertiary/aromatic N) is 3. The van der Waals surface area contributed by atoms with E-state index in [1.54, 1.807) is 35.7 Å². The number of amides is 1. The van der Waals surface area contributed by atoms with Crippen molar-refractivity contribution in [1.82, 2.24) is 20.3 Å². The summed E-state index contributed by atoms with van der Waals surface area (Å²) in [6, 6.07) is 21.7. The number of fused-ring (bicyclic) bond motifs is 1. The zero-order valence-electron chi connectivity index (χ0n) is 18.2. The molecule has 0 saturated heterocycles. The lowest BCUT2D eigenvalue weighted by Crippen LogP contribution is -2.22. The predicted octanol–water partition coefficient (Wildman–Crippen LogP) is 5.34. The molecule has 0 atom stereocenters. The average Bonchev–Trinajstić information content (AvgIpc) is 3.32. The molecule has 1 amide bonds. The van der Waals surface area contributed by atoms with Crippen LogP contribution in [0.4, 0.5) is 4.39 Å². The molecule has 5 aromatic rings. The highest BCUT2D eigenvalue weighted by atomic mass is 32.1. The topological polar surface area (TPSA) is 67.8 Å². The van der Waals surface area contributed by atoms with Gasteiger partial charge in [0.2, 0.25) is 0 Å². The molecule has 0 aliphatic rings. The average molecular weight is 469 g/mol. The first-order valence-electron chi connectivity index (χ1n) is 10.9. The second kappa shape index (κ2) is 9.89. The Bertz CT molecular complexity index is 1450. The lowest BCUT2D eigenvalue weighted by molar-refractivity contribution is 0.0951. The smallest absolute Gasteiger partial charge is 0.251 e. The summed E-state index contributed by atoms with van der Waals surface area (Å²) < 4.78 is 14.2. The summed E-state index contributed by atoms with van der Waals surface area (Å²) in [5.41, 5.74) is 7.35. The Labute approximate surface area is 200 Å². The fraction of sp³-hybridized carbons (Fsp3) is 0.111. The summed E-state index contributed by atoms with van der Waals surface area (Å²) in [5.74, 6) is 0.231. The standard InChI is InChI=1S/C27H21FN4OS/c28-22-7-4-18(5-8-22)16-30-27(33)21-3-1-2-19(12-21)15-26-29-11-10-23(32-26)13-20-6-9-24-25(14-20)34-17-31-24/h1-12,14,17H,13,15-16H2,(H,30,33). The summed E-state index contributed by atoms with van der Waals surface area (Å²) in [6.45, 7) is 0.335. The van der Waals surface area contributed by atoms with Crippen LogP contribution in [0.15, 0.2) is 84.5 Å². The minimum Gasteiger partial charge on any atom is -0.348 e. The maximum atomic E-state index is 13.1. The van der Waals surface area contributed by atoms with Crippen molar-refractivity contribution in [3.63, 3.8) is 0 Å². The molecular weight excluding hydrogens is 447 g/mol. The summed E-state index contributed by atoms with van der Waals surface area (Å²) in [7, 11) is 0. The Morgan fingerprint density at radius 2 is 1.71 bits per heavy atom. The van der Waals surface area contributed by atoms with Gasteiger partial charge in [0.25, 0.3) is 5.91 Å². The molecule has 0 aliphatic carbocycles. The molecule has 0 spiro atoms. The molecule has 0 saturated carbocycles. The molecule has 2 heterocycles. The first-order valence-corrected chi connectivity index (χ1v) is 11.7. The Morgan fingerprint density at radius 3 is 2.59 bits per heavy atom. The van der Waals surface area contributed by atoms with Crippen molar-refractivity contribution in [2.75, 3.05) is 0 Å². The molecule has 34 heavy (non-hydrogen) atoms. The van der Waals surface area contributed by atoms with Gasteiger partial charge in [0.05, 0.1) is 15.7 Å². The van der Waals surface area contributed by atoms with Crippen molar-refractivity contribution in [1.29, 1.82) is 0 Å². The largest absolute Gasteiger partial charge is 0.348 e. The second-order valence-corrected chi connectivity index (χ2v) is 8.87. The first kappa shape index (κ1) is 21.9. The quantitative estimate of drug-likeness (QED) is 0.350. The number of carbonyl (C=O) groups is 1. The molecule has 0 fully saturated rings. The molecule has 0 bridgehead atoms. The molecule has 2 aromatic heterocycles. The van der Waals surface area contributed by atoms with Gasteiger partial charge in [0.15, 0.2) is 0 Å². The Hall–Kier alpha value is -3.97. The predicted molar refractivity (Wildman–Crippen MR) is 131 cm³/mol. The van der Waals surface area contributed by atoms with Crippen LogP contribution >= 0.6 is 11.3 Å². The van der Waals surface area contributed by atoms with Crippen LogP contribution in [0.1, 0.15) is 38.6 Å². The SMILES string of the molecule is O=C(NCc1ccc(F)cc1)c1cccc(Cc2nccc(Cc3ccc4ncsc4c3)n2)c1. The number of thiazole rings is 1. The minimum absolute atomic E-state index is 0.181. The van der Waals surface area contributed by atoms with Gasteiger partial charge in [-0.3, -0.25) is 4.79 Å². The van der Waals surface area contributed by atoms with E-state index in [9.17, 15) is 9.18 Å². The Kier molecular flexibility index (Phi) is 6.35. The molecule has 0 radical (unpaired) electrons. The van der Waals surface area contributed by atoms with Gasteiger partial charge in [-0.15, -0.1) is 11.3 Å². The van der Waals surface area contributed by atoms with E-state index < -0.39 is 0 Å². The summed E-state index contributed by atoms with van der Waals surface area (Å²) in [5, 5.41) is 2.88. The molecule has 0 unspecified atom stereocenters. The highest BCUT2D eigenvalue weighted by Crippen LogP contribution is 2.20. The van der Waals surface area contributed by atoms with Crippen LogP contribution in [0.25, 0.3) is 10.2 Å². The molecule has 7 heteroatoms. The number of hydrogen-bond donors (Lipinski definition) is 1. The lowest BCUT2D eigenvalue weighted by Gasteiger charge is -2.08. The number of aromatic nitrogens is 3. The number of halogens is 1. The van der Waals surface area contributed by atoms with Crippen LogP contribution in [-0.2, 0) is 19.4 Å².